The Hall–Kier alpha value is -2.02. The number of piperidine rings is 1. The summed E-state index contributed by atoms with van der Waals surface area (Å²) in [5.41, 5.74) is 1.38. The number of nitrogens with one attached hydrogen (secondary N) is 1. The molecule has 6 heteroatoms. The highest BCUT2D eigenvalue weighted by Gasteiger charge is 2.41. The molecular formula is C22H23N3OS2. The van der Waals surface area contributed by atoms with Crippen molar-refractivity contribution in [3.8, 4) is 9.88 Å². The second kappa shape index (κ2) is 7.78. The van der Waals surface area contributed by atoms with Crippen molar-refractivity contribution in [2.75, 3.05) is 0 Å². The van der Waals surface area contributed by atoms with Gasteiger partial charge in [0.25, 0.3) is 5.91 Å². The van der Waals surface area contributed by atoms with Crippen LogP contribution in [0, 0.1) is 0 Å². The summed E-state index contributed by atoms with van der Waals surface area (Å²) in [5, 5.41) is 6.25. The largest absolute Gasteiger partial charge is 0.348 e. The Labute approximate surface area is 173 Å². The van der Waals surface area contributed by atoms with E-state index in [0.717, 1.165) is 29.3 Å². The third-order valence-corrected chi connectivity index (χ3v) is 7.92. The fourth-order valence-corrected chi connectivity index (χ4v) is 6.22. The lowest BCUT2D eigenvalue weighted by atomic mass is 9.96. The van der Waals surface area contributed by atoms with Gasteiger partial charge in [-0.05, 0) is 42.7 Å². The number of carbonyl (C=O) groups excluding carboxylic acids is 1. The van der Waals surface area contributed by atoms with Crippen molar-refractivity contribution in [2.24, 2.45) is 0 Å². The number of aromatic nitrogens is 1. The summed E-state index contributed by atoms with van der Waals surface area (Å²) in [5.74, 6) is 0.0289. The molecule has 1 aromatic carbocycles. The Bertz CT molecular complexity index is 924. The van der Waals surface area contributed by atoms with E-state index < -0.39 is 0 Å². The predicted molar refractivity (Wildman–Crippen MR) is 115 cm³/mol. The topological polar surface area (TPSA) is 45.2 Å². The van der Waals surface area contributed by atoms with Gasteiger partial charge < -0.3 is 5.32 Å². The average molecular weight is 410 g/mol. The highest BCUT2D eigenvalue weighted by Crippen LogP contribution is 2.37. The van der Waals surface area contributed by atoms with Gasteiger partial charge in [0, 0.05) is 24.7 Å². The Kier molecular flexibility index (Phi) is 5.01. The van der Waals surface area contributed by atoms with Crippen molar-refractivity contribution in [2.45, 2.75) is 50.4 Å². The van der Waals surface area contributed by atoms with Crippen LogP contribution in [0.1, 0.15) is 40.9 Å². The van der Waals surface area contributed by atoms with E-state index in [-0.39, 0.29) is 11.9 Å². The normalized spacial score (nSPS) is 24.4. The van der Waals surface area contributed by atoms with Crippen molar-refractivity contribution in [1.29, 1.82) is 0 Å². The van der Waals surface area contributed by atoms with Crippen molar-refractivity contribution in [3.05, 3.63) is 64.5 Å². The Balaban J connectivity index is 1.21. The van der Waals surface area contributed by atoms with Crippen LogP contribution in [0.25, 0.3) is 9.88 Å². The molecule has 1 N–H and O–H groups in total. The predicted octanol–water partition coefficient (Wildman–Crippen LogP) is 4.80. The van der Waals surface area contributed by atoms with E-state index in [4.69, 9.17) is 0 Å². The minimum Gasteiger partial charge on any atom is -0.348 e. The molecule has 5 rings (SSSR count). The zero-order chi connectivity index (χ0) is 18.9. The van der Waals surface area contributed by atoms with Crippen LogP contribution in [-0.2, 0) is 6.54 Å². The van der Waals surface area contributed by atoms with Crippen molar-refractivity contribution >= 4 is 28.6 Å². The molecule has 144 valence electrons. The monoisotopic (exact) mass is 409 g/mol. The lowest BCUT2D eigenvalue weighted by Crippen LogP contribution is -2.49. The molecule has 2 unspecified atom stereocenters. The Morgan fingerprint density at radius 2 is 1.89 bits per heavy atom. The molecule has 2 aliphatic heterocycles. The fourth-order valence-electron chi connectivity index (χ4n) is 4.59. The number of hydrogen-bond donors (Lipinski definition) is 1. The second-order valence-electron chi connectivity index (χ2n) is 7.69. The van der Waals surface area contributed by atoms with E-state index in [0.29, 0.717) is 17.0 Å². The van der Waals surface area contributed by atoms with Crippen molar-refractivity contribution in [1.82, 2.24) is 15.2 Å². The standard InChI is InChI=1S/C22H23N3OS2/c26-21(20-13-23-22(28-20)19-7-4-10-27-19)24-16-11-17-8-9-18(12-16)25(17)14-15-5-2-1-3-6-15/h1-7,10,13,16-18H,8-9,11-12,14H2,(H,24,26). The molecule has 0 aliphatic carbocycles. The number of nitrogens with zero attached hydrogens (tertiary/aromatic N) is 2. The first-order valence-electron chi connectivity index (χ1n) is 9.86. The summed E-state index contributed by atoms with van der Waals surface area (Å²) < 4.78 is 0. The number of thiophene rings is 1. The number of thiazole rings is 1. The van der Waals surface area contributed by atoms with Crippen LogP contribution in [0.3, 0.4) is 0 Å². The van der Waals surface area contributed by atoms with Crippen molar-refractivity contribution in [3.63, 3.8) is 0 Å². The van der Waals surface area contributed by atoms with E-state index in [1.807, 2.05) is 17.5 Å². The van der Waals surface area contributed by atoms with Gasteiger partial charge in [0.1, 0.15) is 9.88 Å². The number of fused-ring (bicyclic) bond motifs is 2. The van der Waals surface area contributed by atoms with Gasteiger partial charge in [0.2, 0.25) is 0 Å². The molecule has 2 atom stereocenters. The molecule has 2 bridgehead atoms. The molecule has 4 heterocycles. The average Bonchev–Trinajstić information content (AvgIpc) is 3.43. The number of rotatable bonds is 5. The Morgan fingerprint density at radius 3 is 2.61 bits per heavy atom. The minimum atomic E-state index is 0.0289. The van der Waals surface area contributed by atoms with E-state index in [1.165, 1.54) is 29.7 Å². The summed E-state index contributed by atoms with van der Waals surface area (Å²) in [6, 6.07) is 16.2. The molecule has 2 aliphatic rings. The van der Waals surface area contributed by atoms with Crippen LogP contribution < -0.4 is 5.32 Å². The van der Waals surface area contributed by atoms with Gasteiger partial charge >= 0.3 is 0 Å². The lowest BCUT2D eigenvalue weighted by Gasteiger charge is -2.39. The van der Waals surface area contributed by atoms with Gasteiger partial charge in [-0.1, -0.05) is 36.4 Å². The van der Waals surface area contributed by atoms with Gasteiger partial charge in [-0.15, -0.1) is 22.7 Å². The van der Waals surface area contributed by atoms with Gasteiger partial charge in [-0.25, -0.2) is 4.98 Å². The van der Waals surface area contributed by atoms with E-state index in [1.54, 1.807) is 17.5 Å². The lowest BCUT2D eigenvalue weighted by molar-refractivity contribution is 0.0831. The summed E-state index contributed by atoms with van der Waals surface area (Å²) >= 11 is 3.14. The molecule has 2 fully saturated rings. The molecule has 2 saturated heterocycles. The maximum Gasteiger partial charge on any atom is 0.263 e. The zero-order valence-corrected chi connectivity index (χ0v) is 17.2. The van der Waals surface area contributed by atoms with Crippen LogP contribution >= 0.6 is 22.7 Å². The molecule has 0 spiro atoms. The first kappa shape index (κ1) is 18.0. The first-order chi connectivity index (χ1) is 13.8. The first-order valence-corrected chi connectivity index (χ1v) is 11.6. The number of carbonyl (C=O) groups is 1. The van der Waals surface area contributed by atoms with Crippen LogP contribution in [0.4, 0.5) is 0 Å². The van der Waals surface area contributed by atoms with Crippen LogP contribution in [0.5, 0.6) is 0 Å². The molecular weight excluding hydrogens is 386 g/mol. The van der Waals surface area contributed by atoms with Gasteiger partial charge in [-0.2, -0.15) is 0 Å². The van der Waals surface area contributed by atoms with Crippen LogP contribution in [0.15, 0.2) is 54.0 Å². The van der Waals surface area contributed by atoms with E-state index in [2.05, 4.69) is 45.5 Å². The quantitative estimate of drug-likeness (QED) is 0.659. The smallest absolute Gasteiger partial charge is 0.263 e. The van der Waals surface area contributed by atoms with Crippen molar-refractivity contribution < 1.29 is 4.79 Å². The van der Waals surface area contributed by atoms with Crippen LogP contribution in [-0.4, -0.2) is 33.9 Å². The summed E-state index contributed by atoms with van der Waals surface area (Å²) in [6.07, 6.45) is 6.30. The molecule has 2 aromatic heterocycles. The van der Waals surface area contributed by atoms with E-state index in [9.17, 15) is 4.79 Å². The molecule has 28 heavy (non-hydrogen) atoms. The molecule has 1 amide bonds. The maximum atomic E-state index is 12.8. The SMILES string of the molecule is O=C(NC1CC2CCC(C1)N2Cc1ccccc1)c1cnc(-c2cccs2)s1. The maximum absolute atomic E-state index is 12.8. The highest BCUT2D eigenvalue weighted by atomic mass is 32.1. The number of benzene rings is 1. The highest BCUT2D eigenvalue weighted by molar-refractivity contribution is 7.21. The summed E-state index contributed by atoms with van der Waals surface area (Å²) in [4.78, 5) is 21.7. The molecule has 4 nitrogen and oxygen atoms in total. The molecule has 0 radical (unpaired) electrons. The zero-order valence-electron chi connectivity index (χ0n) is 15.6. The fraction of sp³-hybridized carbons (Fsp3) is 0.364. The third-order valence-electron chi connectivity index (χ3n) is 5.89. The molecule has 0 saturated carbocycles. The second-order valence-corrected chi connectivity index (χ2v) is 9.67. The van der Waals surface area contributed by atoms with Gasteiger partial charge in [-0.3, -0.25) is 9.69 Å². The summed E-state index contributed by atoms with van der Waals surface area (Å²) in [7, 11) is 0. The molecule has 3 aromatic rings. The van der Waals surface area contributed by atoms with Gasteiger partial charge in [0.15, 0.2) is 0 Å². The number of amides is 1. The van der Waals surface area contributed by atoms with Crippen LogP contribution in [0.2, 0.25) is 0 Å². The minimum absolute atomic E-state index is 0.0289. The number of hydrogen-bond acceptors (Lipinski definition) is 5. The Morgan fingerprint density at radius 1 is 1.11 bits per heavy atom. The van der Waals surface area contributed by atoms with E-state index >= 15 is 0 Å². The summed E-state index contributed by atoms with van der Waals surface area (Å²) in [6.45, 7) is 1.02. The third kappa shape index (κ3) is 3.64. The van der Waals surface area contributed by atoms with Gasteiger partial charge in [0.05, 0.1) is 11.1 Å².